The number of nitrogens with two attached hydrogens (primary N) is 1. The van der Waals surface area contributed by atoms with Crippen LogP contribution < -0.4 is 15.2 Å². The number of ether oxygens (including phenoxy) is 2. The molecule has 3 heteroatoms. The summed E-state index contributed by atoms with van der Waals surface area (Å²) >= 11 is 0. The monoisotopic (exact) mass is 285 g/mol. The summed E-state index contributed by atoms with van der Waals surface area (Å²) < 4.78 is 11.3. The van der Waals surface area contributed by atoms with E-state index in [0.717, 1.165) is 17.1 Å². The van der Waals surface area contributed by atoms with Crippen LogP contribution in [0.25, 0.3) is 0 Å². The molecule has 0 heterocycles. The minimum Gasteiger partial charge on any atom is -0.494 e. The van der Waals surface area contributed by atoms with Crippen molar-refractivity contribution in [2.24, 2.45) is 5.73 Å². The van der Waals surface area contributed by atoms with E-state index in [1.807, 2.05) is 31.2 Å². The second-order valence-corrected chi connectivity index (χ2v) is 5.07. The Balaban J connectivity index is 1.95. The molecule has 0 aliphatic carbocycles. The highest BCUT2D eigenvalue weighted by Crippen LogP contribution is 2.21. The van der Waals surface area contributed by atoms with Crippen molar-refractivity contribution in [1.29, 1.82) is 0 Å². The van der Waals surface area contributed by atoms with Crippen molar-refractivity contribution in [2.45, 2.75) is 26.4 Å². The summed E-state index contributed by atoms with van der Waals surface area (Å²) in [6.07, 6.45) is 0. The molecule has 0 saturated heterocycles. The highest BCUT2D eigenvalue weighted by Gasteiger charge is 2.03. The quantitative estimate of drug-likeness (QED) is 0.843. The van der Waals surface area contributed by atoms with Crippen molar-refractivity contribution in [3.63, 3.8) is 0 Å². The minimum atomic E-state index is 0.392. The van der Waals surface area contributed by atoms with Crippen LogP contribution in [0.4, 0.5) is 0 Å². The van der Waals surface area contributed by atoms with Gasteiger partial charge < -0.3 is 15.2 Å². The number of hydrogen-bond donors (Lipinski definition) is 1. The normalized spacial score (nSPS) is 12.0. The Morgan fingerprint density at radius 2 is 1.67 bits per heavy atom. The molecule has 2 N–H and O–H groups in total. The van der Waals surface area contributed by atoms with Crippen LogP contribution in [-0.2, 0) is 6.61 Å². The zero-order chi connectivity index (χ0) is 15.1. The van der Waals surface area contributed by atoms with Gasteiger partial charge in [-0.05, 0) is 42.6 Å². The maximum absolute atomic E-state index is 5.80. The van der Waals surface area contributed by atoms with E-state index < -0.39 is 0 Å². The van der Waals surface area contributed by atoms with Crippen molar-refractivity contribution < 1.29 is 9.47 Å². The molecule has 0 radical (unpaired) electrons. The third-order valence-electron chi connectivity index (χ3n) is 3.42. The molecule has 0 aliphatic rings. The average Bonchev–Trinajstić information content (AvgIpc) is 2.53. The molecule has 3 nitrogen and oxygen atoms in total. The maximum Gasteiger partial charge on any atom is 0.123 e. The summed E-state index contributed by atoms with van der Waals surface area (Å²) in [5.41, 5.74) is 8.09. The molecule has 21 heavy (non-hydrogen) atoms. The maximum atomic E-state index is 5.80. The van der Waals surface area contributed by atoms with Gasteiger partial charge in [-0.25, -0.2) is 0 Å². The molecule has 2 aromatic rings. The van der Waals surface area contributed by atoms with Gasteiger partial charge in [-0.3, -0.25) is 0 Å². The van der Waals surface area contributed by atoms with Crippen LogP contribution in [-0.4, -0.2) is 13.2 Å². The molecule has 0 aliphatic heterocycles. The second kappa shape index (κ2) is 7.70. The van der Waals surface area contributed by atoms with Gasteiger partial charge in [0.15, 0.2) is 0 Å². The van der Waals surface area contributed by atoms with Crippen LogP contribution in [0.2, 0.25) is 0 Å². The first kappa shape index (κ1) is 15.4. The molecule has 2 aromatic carbocycles. The molecular weight excluding hydrogens is 262 g/mol. The molecule has 0 spiro atoms. The minimum absolute atomic E-state index is 0.392. The predicted octanol–water partition coefficient (Wildman–Crippen LogP) is 3.73. The van der Waals surface area contributed by atoms with Crippen molar-refractivity contribution in [3.05, 3.63) is 59.7 Å². The predicted molar refractivity (Wildman–Crippen MR) is 85.9 cm³/mol. The molecule has 2 rings (SSSR count). The van der Waals surface area contributed by atoms with Crippen molar-refractivity contribution in [2.75, 3.05) is 13.2 Å². The summed E-state index contributed by atoms with van der Waals surface area (Å²) in [5.74, 6) is 2.05. The lowest BCUT2D eigenvalue weighted by atomic mass is 10.0. The zero-order valence-electron chi connectivity index (χ0n) is 12.7. The van der Waals surface area contributed by atoms with E-state index >= 15 is 0 Å². The molecule has 0 aromatic heterocycles. The zero-order valence-corrected chi connectivity index (χ0v) is 12.7. The number of hydrogen-bond acceptors (Lipinski definition) is 3. The topological polar surface area (TPSA) is 44.5 Å². The Kier molecular flexibility index (Phi) is 5.64. The highest BCUT2D eigenvalue weighted by molar-refractivity contribution is 5.33. The summed E-state index contributed by atoms with van der Waals surface area (Å²) in [6.45, 7) is 5.97. The Hall–Kier alpha value is -2.00. The van der Waals surface area contributed by atoms with Crippen molar-refractivity contribution in [1.82, 2.24) is 0 Å². The molecule has 0 saturated carbocycles. The lowest BCUT2D eigenvalue weighted by Gasteiger charge is -2.11. The van der Waals surface area contributed by atoms with Gasteiger partial charge >= 0.3 is 0 Å². The van der Waals surface area contributed by atoms with Crippen LogP contribution in [0.3, 0.4) is 0 Å². The summed E-state index contributed by atoms with van der Waals surface area (Å²) in [5, 5.41) is 0. The van der Waals surface area contributed by atoms with Gasteiger partial charge in [-0.15, -0.1) is 0 Å². The SMILES string of the molecule is CCOc1cccc(OCc2ccc(C(C)CN)cc2)c1. The summed E-state index contributed by atoms with van der Waals surface area (Å²) in [6, 6.07) is 16.1. The van der Waals surface area contributed by atoms with Gasteiger partial charge in [0, 0.05) is 6.07 Å². The van der Waals surface area contributed by atoms with E-state index in [1.54, 1.807) is 0 Å². The first-order chi connectivity index (χ1) is 10.2. The largest absolute Gasteiger partial charge is 0.494 e. The van der Waals surface area contributed by atoms with Crippen LogP contribution >= 0.6 is 0 Å². The van der Waals surface area contributed by atoms with Crippen LogP contribution in [0.5, 0.6) is 11.5 Å². The molecule has 0 amide bonds. The van der Waals surface area contributed by atoms with E-state index in [9.17, 15) is 0 Å². The third kappa shape index (κ3) is 4.50. The van der Waals surface area contributed by atoms with E-state index in [-0.39, 0.29) is 0 Å². The number of rotatable bonds is 7. The van der Waals surface area contributed by atoms with Crippen LogP contribution in [0.1, 0.15) is 30.9 Å². The Bertz CT molecular complexity index is 551. The summed E-state index contributed by atoms with van der Waals surface area (Å²) in [4.78, 5) is 0. The third-order valence-corrected chi connectivity index (χ3v) is 3.42. The molecule has 1 unspecified atom stereocenters. The Morgan fingerprint density at radius 1 is 1.00 bits per heavy atom. The first-order valence-electron chi connectivity index (χ1n) is 7.37. The second-order valence-electron chi connectivity index (χ2n) is 5.07. The van der Waals surface area contributed by atoms with E-state index in [0.29, 0.717) is 25.7 Å². The van der Waals surface area contributed by atoms with Gasteiger partial charge in [-0.2, -0.15) is 0 Å². The van der Waals surface area contributed by atoms with Gasteiger partial charge in [0.05, 0.1) is 6.61 Å². The van der Waals surface area contributed by atoms with Crippen molar-refractivity contribution in [3.8, 4) is 11.5 Å². The first-order valence-corrected chi connectivity index (χ1v) is 7.37. The van der Waals surface area contributed by atoms with Gasteiger partial charge in [-0.1, -0.05) is 37.3 Å². The van der Waals surface area contributed by atoms with Crippen LogP contribution in [0.15, 0.2) is 48.5 Å². The van der Waals surface area contributed by atoms with Crippen LogP contribution in [0, 0.1) is 0 Å². The smallest absolute Gasteiger partial charge is 0.123 e. The molecule has 0 bridgehead atoms. The fourth-order valence-electron chi connectivity index (χ4n) is 2.07. The lowest BCUT2D eigenvalue weighted by molar-refractivity contribution is 0.299. The van der Waals surface area contributed by atoms with Crippen molar-refractivity contribution >= 4 is 0 Å². The van der Waals surface area contributed by atoms with E-state index in [1.165, 1.54) is 5.56 Å². The fourth-order valence-corrected chi connectivity index (χ4v) is 2.07. The Labute approximate surface area is 126 Å². The highest BCUT2D eigenvalue weighted by atomic mass is 16.5. The van der Waals surface area contributed by atoms with E-state index in [4.69, 9.17) is 15.2 Å². The standard InChI is InChI=1S/C18H23NO2/c1-3-20-17-5-4-6-18(11-17)21-13-15-7-9-16(10-8-15)14(2)12-19/h4-11,14H,3,12-13,19H2,1-2H3. The number of benzene rings is 2. The van der Waals surface area contributed by atoms with Gasteiger partial charge in [0.25, 0.3) is 0 Å². The summed E-state index contributed by atoms with van der Waals surface area (Å²) in [7, 11) is 0. The molecule has 1 atom stereocenters. The molecule has 0 fully saturated rings. The van der Waals surface area contributed by atoms with E-state index in [2.05, 4.69) is 31.2 Å². The average molecular weight is 285 g/mol. The fraction of sp³-hybridized carbons (Fsp3) is 0.333. The van der Waals surface area contributed by atoms with Gasteiger partial charge in [0.1, 0.15) is 18.1 Å². The van der Waals surface area contributed by atoms with Gasteiger partial charge in [0.2, 0.25) is 0 Å². The molecule has 112 valence electrons. The lowest BCUT2D eigenvalue weighted by Crippen LogP contribution is -2.08. The Morgan fingerprint density at radius 3 is 2.29 bits per heavy atom. The molecular formula is C18H23NO2.